The molecule has 1 aromatic carbocycles. The van der Waals surface area contributed by atoms with Crippen molar-refractivity contribution in [2.75, 3.05) is 11.4 Å². The van der Waals surface area contributed by atoms with Crippen LogP contribution < -0.4 is 4.90 Å². The number of fused-ring (bicyclic) bond motifs is 1. The minimum atomic E-state index is 0.438. The number of halogens is 2. The number of anilines is 1. The summed E-state index contributed by atoms with van der Waals surface area (Å²) in [6.45, 7) is 3.97. The first kappa shape index (κ1) is 13.7. The Bertz CT molecular complexity index is 640. The van der Waals surface area contributed by atoms with E-state index < -0.39 is 0 Å². The lowest BCUT2D eigenvalue weighted by molar-refractivity contribution is 0.690. The summed E-state index contributed by atoms with van der Waals surface area (Å²) in [5.41, 5.74) is 5.07. The molecule has 1 aromatic heterocycles. The molecule has 2 aromatic rings. The maximum atomic E-state index is 6.18. The fourth-order valence-corrected chi connectivity index (χ4v) is 3.14. The Balaban J connectivity index is 1.89. The first-order valence-corrected chi connectivity index (χ1v) is 7.54. The molecule has 3 rings (SSSR count). The Kier molecular flexibility index (Phi) is 3.86. The largest absolute Gasteiger partial charge is 0.367 e. The van der Waals surface area contributed by atoms with Gasteiger partial charge in [0.05, 0.1) is 0 Å². The van der Waals surface area contributed by atoms with Gasteiger partial charge in [-0.05, 0) is 37.5 Å². The number of aromatic nitrogens is 1. The summed E-state index contributed by atoms with van der Waals surface area (Å²) in [5.74, 6) is 0. The van der Waals surface area contributed by atoms with Crippen LogP contribution in [0.2, 0.25) is 10.3 Å². The number of benzene rings is 1. The van der Waals surface area contributed by atoms with Crippen molar-refractivity contribution in [1.29, 1.82) is 0 Å². The number of hydrogen-bond acceptors (Lipinski definition) is 2. The average molecular weight is 307 g/mol. The molecule has 0 radical (unpaired) electrons. The van der Waals surface area contributed by atoms with E-state index >= 15 is 0 Å². The fraction of sp³-hybridized carbons (Fsp3) is 0.312. The van der Waals surface area contributed by atoms with Crippen LogP contribution in [0, 0.1) is 6.92 Å². The molecule has 1 aliphatic rings. The van der Waals surface area contributed by atoms with Crippen LogP contribution in [-0.4, -0.2) is 11.5 Å². The van der Waals surface area contributed by atoms with E-state index in [9.17, 15) is 0 Å². The number of nitrogens with zero attached hydrogens (tertiary/aromatic N) is 2. The van der Waals surface area contributed by atoms with E-state index in [-0.39, 0.29) is 0 Å². The van der Waals surface area contributed by atoms with Crippen LogP contribution in [-0.2, 0) is 13.0 Å². The predicted molar refractivity (Wildman–Crippen MR) is 84.8 cm³/mol. The molecule has 0 fully saturated rings. The van der Waals surface area contributed by atoms with Gasteiger partial charge in [-0.25, -0.2) is 4.98 Å². The second-order valence-electron chi connectivity index (χ2n) is 5.24. The van der Waals surface area contributed by atoms with Gasteiger partial charge in [-0.1, -0.05) is 47.0 Å². The highest BCUT2D eigenvalue weighted by Crippen LogP contribution is 2.30. The first-order valence-electron chi connectivity index (χ1n) is 6.79. The van der Waals surface area contributed by atoms with Gasteiger partial charge in [0.1, 0.15) is 10.3 Å². The third-order valence-electron chi connectivity index (χ3n) is 3.70. The van der Waals surface area contributed by atoms with Crippen molar-refractivity contribution in [3.63, 3.8) is 0 Å². The molecule has 0 N–H and O–H groups in total. The summed E-state index contributed by atoms with van der Waals surface area (Å²) < 4.78 is 0. The molecule has 20 heavy (non-hydrogen) atoms. The van der Waals surface area contributed by atoms with Crippen molar-refractivity contribution in [3.05, 3.63) is 57.3 Å². The van der Waals surface area contributed by atoms with Gasteiger partial charge in [0.25, 0.3) is 0 Å². The summed E-state index contributed by atoms with van der Waals surface area (Å²) in [6.07, 6.45) is 2.33. The van der Waals surface area contributed by atoms with Crippen LogP contribution in [0.3, 0.4) is 0 Å². The molecule has 0 unspecified atom stereocenters. The van der Waals surface area contributed by atoms with Gasteiger partial charge in [0.15, 0.2) is 0 Å². The van der Waals surface area contributed by atoms with Gasteiger partial charge in [0.2, 0.25) is 0 Å². The molecule has 104 valence electrons. The Labute approximate surface area is 129 Å². The lowest BCUT2D eigenvalue weighted by Gasteiger charge is -2.31. The van der Waals surface area contributed by atoms with Gasteiger partial charge in [-0.3, -0.25) is 0 Å². The summed E-state index contributed by atoms with van der Waals surface area (Å²) >= 11 is 12.0. The van der Waals surface area contributed by atoms with Gasteiger partial charge in [0, 0.05) is 24.3 Å². The fourth-order valence-electron chi connectivity index (χ4n) is 2.73. The molecule has 0 amide bonds. The summed E-state index contributed by atoms with van der Waals surface area (Å²) in [4.78, 5) is 6.48. The first-order chi connectivity index (χ1) is 9.63. The van der Waals surface area contributed by atoms with E-state index in [4.69, 9.17) is 23.2 Å². The summed E-state index contributed by atoms with van der Waals surface area (Å²) in [5, 5.41) is 0.935. The lowest BCUT2D eigenvalue weighted by Crippen LogP contribution is -2.29. The average Bonchev–Trinajstić information content (AvgIpc) is 2.41. The monoisotopic (exact) mass is 306 g/mol. The van der Waals surface area contributed by atoms with Gasteiger partial charge in [-0.2, -0.15) is 0 Å². The minimum absolute atomic E-state index is 0.438. The van der Waals surface area contributed by atoms with Crippen molar-refractivity contribution in [2.45, 2.75) is 26.3 Å². The topological polar surface area (TPSA) is 16.1 Å². The van der Waals surface area contributed by atoms with Crippen LogP contribution in [0.5, 0.6) is 0 Å². The molecule has 0 atom stereocenters. The molecule has 2 nitrogen and oxygen atoms in total. The third kappa shape index (κ3) is 2.77. The molecular weight excluding hydrogens is 291 g/mol. The van der Waals surface area contributed by atoms with E-state index in [2.05, 4.69) is 35.0 Å². The number of hydrogen-bond donors (Lipinski definition) is 0. The molecule has 0 saturated carbocycles. The highest BCUT2D eigenvalue weighted by molar-refractivity contribution is 6.32. The zero-order valence-corrected chi connectivity index (χ0v) is 12.9. The second-order valence-corrected chi connectivity index (χ2v) is 5.99. The molecule has 1 aliphatic heterocycles. The van der Waals surface area contributed by atoms with E-state index in [1.54, 1.807) is 6.07 Å². The van der Waals surface area contributed by atoms with Crippen LogP contribution in [0.15, 0.2) is 30.3 Å². The zero-order valence-electron chi connectivity index (χ0n) is 11.4. The maximum Gasteiger partial charge on any atom is 0.135 e. The molecule has 0 bridgehead atoms. The van der Waals surface area contributed by atoms with Crippen molar-refractivity contribution in [3.8, 4) is 0 Å². The van der Waals surface area contributed by atoms with Crippen LogP contribution in [0.25, 0.3) is 0 Å². The Morgan fingerprint density at radius 2 is 2.05 bits per heavy atom. The van der Waals surface area contributed by atoms with E-state index in [1.165, 1.54) is 23.2 Å². The molecule has 0 aliphatic carbocycles. The minimum Gasteiger partial charge on any atom is -0.367 e. The van der Waals surface area contributed by atoms with Crippen LogP contribution >= 0.6 is 23.2 Å². The number of aryl methyl sites for hydroxylation is 2. The van der Waals surface area contributed by atoms with Crippen molar-refractivity contribution in [2.24, 2.45) is 0 Å². The standard InChI is InChI=1S/C16H16Cl2N2/c1-11-4-6-14-12(9-11)3-2-8-20(14)10-13-5-7-15(17)19-16(13)18/h4-7,9H,2-3,8,10H2,1H3. The lowest BCUT2D eigenvalue weighted by atomic mass is 9.99. The number of pyridine rings is 1. The van der Waals surface area contributed by atoms with Crippen LogP contribution in [0.1, 0.15) is 23.1 Å². The maximum absolute atomic E-state index is 6.18. The highest BCUT2D eigenvalue weighted by Gasteiger charge is 2.18. The molecule has 0 saturated heterocycles. The van der Waals surface area contributed by atoms with Crippen molar-refractivity contribution < 1.29 is 0 Å². The Morgan fingerprint density at radius 3 is 2.85 bits per heavy atom. The normalized spacial score (nSPS) is 14.2. The smallest absolute Gasteiger partial charge is 0.135 e. The Hall–Kier alpha value is -1.25. The summed E-state index contributed by atoms with van der Waals surface area (Å²) in [6, 6.07) is 10.4. The van der Waals surface area contributed by atoms with E-state index in [1.807, 2.05) is 6.07 Å². The predicted octanol–water partition coefficient (Wildman–Crippen LogP) is 4.65. The molecular formula is C16H16Cl2N2. The zero-order chi connectivity index (χ0) is 14.1. The van der Waals surface area contributed by atoms with E-state index in [0.717, 1.165) is 25.1 Å². The van der Waals surface area contributed by atoms with Crippen LogP contribution in [0.4, 0.5) is 5.69 Å². The molecule has 4 heteroatoms. The second kappa shape index (κ2) is 5.63. The SMILES string of the molecule is Cc1ccc2c(c1)CCCN2Cc1ccc(Cl)nc1Cl. The number of rotatable bonds is 2. The van der Waals surface area contributed by atoms with Crippen molar-refractivity contribution >= 4 is 28.9 Å². The quantitative estimate of drug-likeness (QED) is 0.751. The Morgan fingerprint density at radius 1 is 1.20 bits per heavy atom. The molecule has 2 heterocycles. The molecule has 0 spiro atoms. The van der Waals surface area contributed by atoms with E-state index in [0.29, 0.717) is 10.3 Å². The van der Waals surface area contributed by atoms with Crippen molar-refractivity contribution in [1.82, 2.24) is 4.98 Å². The summed E-state index contributed by atoms with van der Waals surface area (Å²) in [7, 11) is 0. The van der Waals surface area contributed by atoms with Gasteiger partial charge >= 0.3 is 0 Å². The third-order valence-corrected chi connectivity index (χ3v) is 4.24. The highest BCUT2D eigenvalue weighted by atomic mass is 35.5. The van der Waals surface area contributed by atoms with Gasteiger partial charge < -0.3 is 4.90 Å². The van der Waals surface area contributed by atoms with Gasteiger partial charge in [-0.15, -0.1) is 0 Å².